The Balaban J connectivity index is 1.41. The van der Waals surface area contributed by atoms with Crippen molar-refractivity contribution in [2.75, 3.05) is 19.9 Å². The van der Waals surface area contributed by atoms with E-state index in [0.717, 1.165) is 11.3 Å². The molecule has 0 saturated carbocycles. The third kappa shape index (κ3) is 5.75. The maximum atomic E-state index is 12.9. The number of hydrogen-bond donors (Lipinski definition) is 2. The van der Waals surface area contributed by atoms with Gasteiger partial charge in [-0.1, -0.05) is 12.1 Å². The number of thiophene rings is 1. The van der Waals surface area contributed by atoms with Crippen molar-refractivity contribution in [2.24, 2.45) is 0 Å². The second-order valence-corrected chi connectivity index (χ2v) is 8.86. The Bertz CT molecular complexity index is 996. The van der Waals surface area contributed by atoms with Gasteiger partial charge >= 0.3 is 12.0 Å². The Labute approximate surface area is 196 Å². The number of urea groups is 1. The molecule has 3 amide bonds. The van der Waals surface area contributed by atoms with Gasteiger partial charge in [-0.3, -0.25) is 9.59 Å². The summed E-state index contributed by atoms with van der Waals surface area (Å²) in [6.45, 7) is 3.30. The van der Waals surface area contributed by atoms with Gasteiger partial charge in [-0.05, 0) is 48.9 Å². The third-order valence-corrected chi connectivity index (χ3v) is 6.40. The molecule has 2 N–H and O–H groups in total. The SMILES string of the molecule is CCOC(=O)C[C@H](NC(=O)N[C@H]1CCCN(Cc2cccs2)C1=O)c1ccc2c(c1)OCO2. The quantitative estimate of drug-likeness (QED) is 0.571. The maximum absolute atomic E-state index is 12.9. The fourth-order valence-corrected chi connectivity index (χ4v) is 4.67. The summed E-state index contributed by atoms with van der Waals surface area (Å²) in [6, 6.07) is 7.41. The van der Waals surface area contributed by atoms with Crippen molar-refractivity contribution in [3.8, 4) is 11.5 Å². The van der Waals surface area contributed by atoms with E-state index in [2.05, 4.69) is 10.6 Å². The molecule has 33 heavy (non-hydrogen) atoms. The minimum Gasteiger partial charge on any atom is -0.466 e. The van der Waals surface area contributed by atoms with Crippen molar-refractivity contribution in [1.29, 1.82) is 0 Å². The van der Waals surface area contributed by atoms with Crippen LogP contribution in [0, 0.1) is 0 Å². The highest BCUT2D eigenvalue weighted by molar-refractivity contribution is 7.09. The highest BCUT2D eigenvalue weighted by Gasteiger charge is 2.31. The highest BCUT2D eigenvalue weighted by atomic mass is 32.1. The predicted octanol–water partition coefficient (Wildman–Crippen LogP) is 2.96. The lowest BCUT2D eigenvalue weighted by Gasteiger charge is -2.32. The van der Waals surface area contributed by atoms with E-state index >= 15 is 0 Å². The first kappa shape index (κ1) is 22.9. The molecule has 176 valence electrons. The van der Waals surface area contributed by atoms with Crippen LogP contribution in [0.25, 0.3) is 0 Å². The first-order valence-electron chi connectivity index (χ1n) is 11.0. The zero-order valence-electron chi connectivity index (χ0n) is 18.4. The van der Waals surface area contributed by atoms with Crippen LogP contribution in [0.3, 0.4) is 0 Å². The second-order valence-electron chi connectivity index (χ2n) is 7.83. The fourth-order valence-electron chi connectivity index (χ4n) is 3.95. The molecule has 1 aromatic heterocycles. The fraction of sp³-hybridized carbons (Fsp3) is 0.435. The third-order valence-electron chi connectivity index (χ3n) is 5.54. The minimum atomic E-state index is -0.653. The van der Waals surface area contributed by atoms with Crippen LogP contribution < -0.4 is 20.1 Å². The molecule has 1 fully saturated rings. The summed E-state index contributed by atoms with van der Waals surface area (Å²) < 4.78 is 15.8. The number of likely N-dealkylation sites (tertiary alicyclic amines) is 1. The van der Waals surface area contributed by atoms with Crippen molar-refractivity contribution in [3.05, 3.63) is 46.2 Å². The van der Waals surface area contributed by atoms with Crippen LogP contribution in [-0.4, -0.2) is 48.8 Å². The number of fused-ring (bicyclic) bond motifs is 1. The van der Waals surface area contributed by atoms with Crippen LogP contribution in [-0.2, 0) is 20.9 Å². The van der Waals surface area contributed by atoms with Gasteiger partial charge in [0.25, 0.3) is 0 Å². The molecule has 0 aliphatic carbocycles. The summed E-state index contributed by atoms with van der Waals surface area (Å²) >= 11 is 1.60. The lowest BCUT2D eigenvalue weighted by molar-refractivity contribution is -0.143. The Hall–Kier alpha value is -3.27. The predicted molar refractivity (Wildman–Crippen MR) is 121 cm³/mol. The van der Waals surface area contributed by atoms with Gasteiger partial charge in [-0.2, -0.15) is 0 Å². The second kappa shape index (κ2) is 10.6. The zero-order valence-corrected chi connectivity index (χ0v) is 19.2. The van der Waals surface area contributed by atoms with E-state index in [0.29, 0.717) is 36.6 Å². The van der Waals surface area contributed by atoms with Crippen LogP contribution >= 0.6 is 11.3 Å². The largest absolute Gasteiger partial charge is 0.466 e. The number of rotatable bonds is 8. The van der Waals surface area contributed by atoms with Gasteiger partial charge in [-0.15, -0.1) is 11.3 Å². The van der Waals surface area contributed by atoms with Crippen LogP contribution in [0.4, 0.5) is 4.79 Å². The number of nitrogens with zero attached hydrogens (tertiary/aromatic N) is 1. The standard InChI is InChI=1S/C23H27N3O6S/c1-2-30-21(27)12-18(15-7-8-19-20(11-15)32-14-31-19)25-23(29)24-17-6-3-9-26(22(17)28)13-16-5-4-10-33-16/h4-5,7-8,10-11,17-18H,2-3,6,9,12-14H2,1H3,(H2,24,25,29)/t17-,18-/m0/s1. The number of amides is 3. The van der Waals surface area contributed by atoms with Crippen molar-refractivity contribution in [3.63, 3.8) is 0 Å². The van der Waals surface area contributed by atoms with Gasteiger partial charge in [-0.25, -0.2) is 4.79 Å². The molecule has 0 spiro atoms. The number of carbonyl (C=O) groups is 3. The van der Waals surface area contributed by atoms with Crippen LogP contribution in [0.15, 0.2) is 35.7 Å². The van der Waals surface area contributed by atoms with E-state index in [-0.39, 0.29) is 25.7 Å². The molecule has 0 radical (unpaired) electrons. The molecule has 2 atom stereocenters. The van der Waals surface area contributed by atoms with E-state index in [1.54, 1.807) is 41.4 Å². The van der Waals surface area contributed by atoms with Crippen molar-refractivity contribution in [1.82, 2.24) is 15.5 Å². The Kier molecular flexibility index (Phi) is 7.33. The molecule has 2 aliphatic rings. The molecule has 1 saturated heterocycles. The van der Waals surface area contributed by atoms with Gasteiger partial charge in [0.1, 0.15) is 6.04 Å². The Morgan fingerprint density at radius 3 is 2.91 bits per heavy atom. The smallest absolute Gasteiger partial charge is 0.315 e. The van der Waals surface area contributed by atoms with E-state index in [1.807, 2.05) is 17.5 Å². The number of carbonyl (C=O) groups excluding carboxylic acids is 3. The molecule has 9 nitrogen and oxygen atoms in total. The molecule has 1 aromatic carbocycles. The van der Waals surface area contributed by atoms with Crippen LogP contribution in [0.1, 0.15) is 42.7 Å². The summed E-state index contributed by atoms with van der Waals surface area (Å²) in [4.78, 5) is 40.8. The number of ether oxygens (including phenoxy) is 3. The zero-order chi connectivity index (χ0) is 23.2. The molecule has 3 heterocycles. The lowest BCUT2D eigenvalue weighted by atomic mass is 10.0. The van der Waals surface area contributed by atoms with Gasteiger partial charge in [0.2, 0.25) is 12.7 Å². The van der Waals surface area contributed by atoms with Crippen molar-refractivity contribution in [2.45, 2.75) is 44.8 Å². The highest BCUT2D eigenvalue weighted by Crippen LogP contribution is 2.35. The molecular weight excluding hydrogens is 446 g/mol. The lowest BCUT2D eigenvalue weighted by Crippen LogP contribution is -2.54. The monoisotopic (exact) mass is 473 g/mol. The number of nitrogens with one attached hydrogen (secondary N) is 2. The normalized spacial score (nSPS) is 18.0. The molecule has 4 rings (SSSR count). The van der Waals surface area contributed by atoms with E-state index in [4.69, 9.17) is 14.2 Å². The first-order chi connectivity index (χ1) is 16.0. The molecular formula is C23H27N3O6S. The molecule has 0 bridgehead atoms. The summed E-state index contributed by atoms with van der Waals surface area (Å²) in [7, 11) is 0. The van der Waals surface area contributed by atoms with Gasteiger partial charge < -0.3 is 29.7 Å². The first-order valence-corrected chi connectivity index (χ1v) is 11.8. The minimum absolute atomic E-state index is 0.0516. The summed E-state index contributed by atoms with van der Waals surface area (Å²) in [5, 5.41) is 7.60. The van der Waals surface area contributed by atoms with E-state index in [9.17, 15) is 14.4 Å². The number of hydrogen-bond acceptors (Lipinski definition) is 7. The van der Waals surface area contributed by atoms with E-state index in [1.165, 1.54) is 0 Å². The Morgan fingerprint density at radius 1 is 1.27 bits per heavy atom. The molecule has 10 heteroatoms. The number of benzene rings is 1. The van der Waals surface area contributed by atoms with Crippen LogP contribution in [0.2, 0.25) is 0 Å². The van der Waals surface area contributed by atoms with Gasteiger partial charge in [0.15, 0.2) is 11.5 Å². The average Bonchev–Trinajstić information content (AvgIpc) is 3.47. The van der Waals surface area contributed by atoms with Gasteiger partial charge in [0, 0.05) is 11.4 Å². The number of esters is 1. The summed E-state index contributed by atoms with van der Waals surface area (Å²) in [6.07, 6.45) is 1.32. The molecule has 2 aliphatic heterocycles. The van der Waals surface area contributed by atoms with Gasteiger partial charge in [0.05, 0.1) is 25.6 Å². The Morgan fingerprint density at radius 2 is 2.12 bits per heavy atom. The topological polar surface area (TPSA) is 106 Å². The summed E-state index contributed by atoms with van der Waals surface area (Å²) in [5.74, 6) is 0.623. The summed E-state index contributed by atoms with van der Waals surface area (Å²) in [5.41, 5.74) is 0.678. The number of piperidine rings is 1. The van der Waals surface area contributed by atoms with Crippen LogP contribution in [0.5, 0.6) is 11.5 Å². The van der Waals surface area contributed by atoms with Crippen molar-refractivity contribution < 1.29 is 28.6 Å². The average molecular weight is 474 g/mol. The van der Waals surface area contributed by atoms with Crippen molar-refractivity contribution >= 4 is 29.2 Å². The maximum Gasteiger partial charge on any atom is 0.315 e. The molecule has 2 aromatic rings. The molecule has 0 unspecified atom stereocenters. The van der Waals surface area contributed by atoms with E-state index < -0.39 is 24.1 Å².